The molecule has 128 valence electrons. The quantitative estimate of drug-likeness (QED) is 0.637. The second-order valence-corrected chi connectivity index (χ2v) is 6.86. The highest BCUT2D eigenvalue weighted by molar-refractivity contribution is 7.99. The van der Waals surface area contributed by atoms with E-state index in [2.05, 4.69) is 20.5 Å². The molecule has 0 aliphatic heterocycles. The van der Waals surface area contributed by atoms with Gasteiger partial charge in [0.15, 0.2) is 5.82 Å². The van der Waals surface area contributed by atoms with Crippen LogP contribution in [0.3, 0.4) is 0 Å². The van der Waals surface area contributed by atoms with Crippen LogP contribution in [0, 0.1) is 5.82 Å². The molecule has 25 heavy (non-hydrogen) atoms. The van der Waals surface area contributed by atoms with Gasteiger partial charge in [0.25, 0.3) is 0 Å². The fraction of sp³-hybridized carbons (Fsp3) is 0.118. The van der Waals surface area contributed by atoms with Crippen LogP contribution in [-0.4, -0.2) is 33.1 Å². The number of halogens is 1. The van der Waals surface area contributed by atoms with E-state index in [-0.39, 0.29) is 17.5 Å². The fourth-order valence-corrected chi connectivity index (χ4v) is 3.13. The number of amides is 1. The van der Waals surface area contributed by atoms with Crippen molar-refractivity contribution in [3.05, 3.63) is 54.3 Å². The molecule has 1 amide bonds. The molecule has 0 bridgehead atoms. The molecule has 0 atom stereocenters. The minimum Gasteiger partial charge on any atom is -0.325 e. The first-order valence-corrected chi connectivity index (χ1v) is 9.60. The van der Waals surface area contributed by atoms with Crippen LogP contribution in [-0.2, 0) is 4.79 Å². The standard InChI is InChI=1S/C17H15FN4OS2/c1-24-14-4-2-3-13(9-14)19-15(23)10-25-17-20-16(21-22-17)11-5-7-12(18)8-6-11/h2-9H,10H2,1H3,(H,19,23)(H,20,21,22). The van der Waals surface area contributed by atoms with Gasteiger partial charge in [-0.1, -0.05) is 17.8 Å². The number of nitrogens with one attached hydrogen (secondary N) is 2. The molecule has 0 saturated carbocycles. The lowest BCUT2D eigenvalue weighted by Gasteiger charge is -2.05. The van der Waals surface area contributed by atoms with E-state index in [1.54, 1.807) is 23.9 Å². The molecule has 0 spiro atoms. The molecule has 0 aliphatic rings. The topological polar surface area (TPSA) is 70.7 Å². The van der Waals surface area contributed by atoms with Gasteiger partial charge in [-0.05, 0) is 48.7 Å². The highest BCUT2D eigenvalue weighted by Gasteiger charge is 2.09. The number of hydrogen-bond donors (Lipinski definition) is 2. The van der Waals surface area contributed by atoms with Crippen molar-refractivity contribution in [2.24, 2.45) is 0 Å². The molecule has 8 heteroatoms. The second kappa shape index (κ2) is 8.17. The van der Waals surface area contributed by atoms with Crippen LogP contribution < -0.4 is 5.32 Å². The Morgan fingerprint density at radius 3 is 2.80 bits per heavy atom. The summed E-state index contributed by atoms with van der Waals surface area (Å²) in [5.74, 6) is 0.302. The Balaban J connectivity index is 1.56. The van der Waals surface area contributed by atoms with E-state index in [4.69, 9.17) is 0 Å². The molecule has 0 radical (unpaired) electrons. The molecular formula is C17H15FN4OS2. The number of H-pyrrole nitrogens is 1. The first kappa shape index (κ1) is 17.5. The monoisotopic (exact) mass is 374 g/mol. The van der Waals surface area contributed by atoms with Gasteiger partial charge in [0.05, 0.1) is 5.75 Å². The molecule has 1 heterocycles. The highest BCUT2D eigenvalue weighted by Crippen LogP contribution is 2.21. The molecule has 3 rings (SSSR count). The lowest BCUT2D eigenvalue weighted by Crippen LogP contribution is -2.14. The Bertz CT molecular complexity index is 867. The zero-order valence-corrected chi connectivity index (χ0v) is 15.0. The predicted octanol–water partition coefficient (Wildman–Crippen LogP) is 4.06. The van der Waals surface area contributed by atoms with Gasteiger partial charge in [-0.3, -0.25) is 9.89 Å². The van der Waals surface area contributed by atoms with E-state index in [9.17, 15) is 9.18 Å². The SMILES string of the molecule is CSc1cccc(NC(=O)CSc2n[nH]c(-c3ccc(F)cc3)n2)c1. The summed E-state index contributed by atoms with van der Waals surface area (Å²) in [7, 11) is 0. The maximum absolute atomic E-state index is 12.9. The van der Waals surface area contributed by atoms with Crippen molar-refractivity contribution in [2.45, 2.75) is 10.1 Å². The minimum atomic E-state index is -0.305. The molecule has 2 aromatic carbocycles. The van der Waals surface area contributed by atoms with Crippen molar-refractivity contribution in [3.8, 4) is 11.4 Å². The number of carbonyl (C=O) groups excluding carboxylic acids is 1. The van der Waals surface area contributed by atoms with Gasteiger partial charge in [-0.25, -0.2) is 9.37 Å². The average Bonchev–Trinajstić information content (AvgIpc) is 3.10. The zero-order chi connectivity index (χ0) is 17.6. The number of benzene rings is 2. The summed E-state index contributed by atoms with van der Waals surface area (Å²) in [4.78, 5) is 17.4. The minimum absolute atomic E-state index is 0.128. The third-order valence-electron chi connectivity index (χ3n) is 3.27. The van der Waals surface area contributed by atoms with Crippen LogP contribution in [0.15, 0.2) is 58.6 Å². The van der Waals surface area contributed by atoms with Gasteiger partial charge in [0.2, 0.25) is 11.1 Å². The number of aromatic amines is 1. The maximum Gasteiger partial charge on any atom is 0.234 e. The molecular weight excluding hydrogens is 359 g/mol. The zero-order valence-electron chi connectivity index (χ0n) is 13.3. The first-order chi connectivity index (χ1) is 12.1. The van der Waals surface area contributed by atoms with Crippen LogP contribution >= 0.6 is 23.5 Å². The number of aromatic nitrogens is 3. The second-order valence-electron chi connectivity index (χ2n) is 5.04. The lowest BCUT2D eigenvalue weighted by atomic mass is 10.2. The Kier molecular flexibility index (Phi) is 5.72. The third kappa shape index (κ3) is 4.83. The lowest BCUT2D eigenvalue weighted by molar-refractivity contribution is -0.113. The molecule has 2 N–H and O–H groups in total. The summed E-state index contributed by atoms with van der Waals surface area (Å²) in [5.41, 5.74) is 1.50. The first-order valence-electron chi connectivity index (χ1n) is 7.39. The van der Waals surface area contributed by atoms with Gasteiger partial charge >= 0.3 is 0 Å². The Labute approximate surface area is 152 Å². The fourth-order valence-electron chi connectivity index (χ4n) is 2.08. The number of carbonyl (C=O) groups is 1. The van der Waals surface area contributed by atoms with Crippen molar-refractivity contribution in [1.82, 2.24) is 15.2 Å². The number of hydrogen-bond acceptors (Lipinski definition) is 5. The molecule has 0 unspecified atom stereocenters. The summed E-state index contributed by atoms with van der Waals surface area (Å²) >= 11 is 2.85. The number of thioether (sulfide) groups is 2. The van der Waals surface area contributed by atoms with Crippen molar-refractivity contribution in [3.63, 3.8) is 0 Å². The molecule has 3 aromatic rings. The summed E-state index contributed by atoms with van der Waals surface area (Å²) in [6, 6.07) is 13.6. The highest BCUT2D eigenvalue weighted by atomic mass is 32.2. The summed E-state index contributed by atoms with van der Waals surface area (Å²) in [6.07, 6.45) is 1.98. The number of rotatable bonds is 6. The van der Waals surface area contributed by atoms with Gasteiger partial charge in [-0.2, -0.15) is 0 Å². The smallest absolute Gasteiger partial charge is 0.234 e. The van der Waals surface area contributed by atoms with E-state index < -0.39 is 0 Å². The van der Waals surface area contributed by atoms with Crippen molar-refractivity contribution in [1.29, 1.82) is 0 Å². The number of nitrogens with zero attached hydrogens (tertiary/aromatic N) is 2. The van der Waals surface area contributed by atoms with E-state index in [1.807, 2.05) is 30.5 Å². The van der Waals surface area contributed by atoms with E-state index >= 15 is 0 Å². The normalized spacial score (nSPS) is 10.6. The third-order valence-corrected chi connectivity index (χ3v) is 4.84. The van der Waals surface area contributed by atoms with Crippen LogP contribution in [0.5, 0.6) is 0 Å². The van der Waals surface area contributed by atoms with Crippen molar-refractivity contribution >= 4 is 35.1 Å². The van der Waals surface area contributed by atoms with Gasteiger partial charge < -0.3 is 5.32 Å². The predicted molar refractivity (Wildman–Crippen MR) is 99.4 cm³/mol. The Hall–Kier alpha value is -2.32. The Morgan fingerprint density at radius 1 is 1.24 bits per heavy atom. The van der Waals surface area contributed by atoms with E-state index in [1.165, 1.54) is 23.9 Å². The molecule has 0 aliphatic carbocycles. The Morgan fingerprint density at radius 2 is 2.04 bits per heavy atom. The van der Waals surface area contributed by atoms with Crippen LogP contribution in [0.25, 0.3) is 11.4 Å². The van der Waals surface area contributed by atoms with Crippen LogP contribution in [0.1, 0.15) is 0 Å². The summed E-state index contributed by atoms with van der Waals surface area (Å²) in [5, 5.41) is 10.2. The van der Waals surface area contributed by atoms with Crippen molar-refractivity contribution < 1.29 is 9.18 Å². The maximum atomic E-state index is 12.9. The van der Waals surface area contributed by atoms with Gasteiger partial charge in [0.1, 0.15) is 5.82 Å². The van der Waals surface area contributed by atoms with Crippen molar-refractivity contribution in [2.75, 3.05) is 17.3 Å². The van der Waals surface area contributed by atoms with Gasteiger partial charge in [-0.15, -0.1) is 16.9 Å². The largest absolute Gasteiger partial charge is 0.325 e. The van der Waals surface area contributed by atoms with Gasteiger partial charge in [0, 0.05) is 16.1 Å². The number of anilines is 1. The van der Waals surface area contributed by atoms with E-state index in [0.29, 0.717) is 11.0 Å². The molecule has 1 aromatic heterocycles. The summed E-state index contributed by atoms with van der Waals surface area (Å²) < 4.78 is 12.9. The van der Waals surface area contributed by atoms with Crippen LogP contribution in [0.2, 0.25) is 0 Å². The van der Waals surface area contributed by atoms with Crippen LogP contribution in [0.4, 0.5) is 10.1 Å². The molecule has 0 saturated heterocycles. The van der Waals surface area contributed by atoms with E-state index in [0.717, 1.165) is 16.1 Å². The summed E-state index contributed by atoms with van der Waals surface area (Å²) in [6.45, 7) is 0. The average molecular weight is 374 g/mol. The molecule has 0 fully saturated rings. The molecule has 5 nitrogen and oxygen atoms in total.